The molecule has 0 radical (unpaired) electrons. The molecule has 1 nitrogen and oxygen atoms in total. The molecule has 1 aliphatic rings. The zero-order valence-corrected chi connectivity index (χ0v) is 11.5. The van der Waals surface area contributed by atoms with Crippen molar-refractivity contribution in [2.45, 2.75) is 31.7 Å². The number of hydrogen-bond donors (Lipinski definition) is 1. The molecule has 0 spiro atoms. The Balaban J connectivity index is 1.96. The van der Waals surface area contributed by atoms with E-state index in [2.05, 4.69) is 53.8 Å². The Morgan fingerprint density at radius 3 is 2.32 bits per heavy atom. The van der Waals surface area contributed by atoms with Gasteiger partial charge in [-0.05, 0) is 55.0 Å². The standard InChI is InChI=1S/C18H21N/c1-19-18(15-8-3-2-4-9-15)17-12-11-14-7-5-6-10-16(14)13-17/h2-4,8-9,11-13,18-19H,5-7,10H2,1H3. The van der Waals surface area contributed by atoms with Crippen LogP contribution in [0.4, 0.5) is 0 Å². The molecule has 0 aromatic heterocycles. The lowest BCUT2D eigenvalue weighted by atomic mass is 9.88. The average Bonchev–Trinajstić information content (AvgIpc) is 2.49. The molecule has 1 heteroatoms. The number of aryl methyl sites for hydroxylation is 2. The summed E-state index contributed by atoms with van der Waals surface area (Å²) >= 11 is 0. The van der Waals surface area contributed by atoms with Gasteiger partial charge >= 0.3 is 0 Å². The normalized spacial score (nSPS) is 15.8. The molecule has 0 saturated carbocycles. The minimum Gasteiger partial charge on any atom is -0.309 e. The highest BCUT2D eigenvalue weighted by Gasteiger charge is 2.15. The van der Waals surface area contributed by atoms with Crippen molar-refractivity contribution in [3.8, 4) is 0 Å². The van der Waals surface area contributed by atoms with Gasteiger partial charge in [-0.1, -0.05) is 48.5 Å². The zero-order valence-electron chi connectivity index (χ0n) is 11.5. The van der Waals surface area contributed by atoms with E-state index >= 15 is 0 Å². The Labute approximate surface area is 115 Å². The van der Waals surface area contributed by atoms with Crippen LogP contribution in [0, 0.1) is 0 Å². The second kappa shape index (κ2) is 5.58. The maximum absolute atomic E-state index is 3.44. The van der Waals surface area contributed by atoms with Crippen LogP contribution in [0.2, 0.25) is 0 Å². The van der Waals surface area contributed by atoms with Gasteiger partial charge < -0.3 is 5.32 Å². The van der Waals surface area contributed by atoms with E-state index in [4.69, 9.17) is 0 Å². The summed E-state index contributed by atoms with van der Waals surface area (Å²) in [6.45, 7) is 0. The molecule has 0 fully saturated rings. The molecule has 3 rings (SSSR count). The number of rotatable bonds is 3. The van der Waals surface area contributed by atoms with Crippen molar-refractivity contribution in [3.63, 3.8) is 0 Å². The van der Waals surface area contributed by atoms with Gasteiger partial charge in [0.1, 0.15) is 0 Å². The summed E-state index contributed by atoms with van der Waals surface area (Å²) < 4.78 is 0. The highest BCUT2D eigenvalue weighted by atomic mass is 14.9. The molecular formula is C18H21N. The van der Waals surface area contributed by atoms with Crippen LogP contribution < -0.4 is 5.32 Å². The van der Waals surface area contributed by atoms with Gasteiger partial charge in [0.15, 0.2) is 0 Å². The third kappa shape index (κ3) is 2.57. The first-order chi connectivity index (χ1) is 9.38. The first-order valence-electron chi connectivity index (χ1n) is 7.22. The van der Waals surface area contributed by atoms with Crippen LogP contribution in [0.5, 0.6) is 0 Å². The minimum absolute atomic E-state index is 0.299. The van der Waals surface area contributed by atoms with E-state index in [0.717, 1.165) is 0 Å². The Hall–Kier alpha value is -1.60. The van der Waals surface area contributed by atoms with E-state index in [1.54, 1.807) is 11.1 Å². The van der Waals surface area contributed by atoms with E-state index < -0.39 is 0 Å². The molecule has 2 aromatic carbocycles. The molecule has 0 aliphatic heterocycles. The molecule has 19 heavy (non-hydrogen) atoms. The molecule has 1 unspecified atom stereocenters. The summed E-state index contributed by atoms with van der Waals surface area (Å²) in [5, 5.41) is 3.44. The smallest absolute Gasteiger partial charge is 0.0574 e. The fourth-order valence-electron chi connectivity index (χ4n) is 3.10. The lowest BCUT2D eigenvalue weighted by molar-refractivity contribution is 0.668. The molecule has 98 valence electrons. The van der Waals surface area contributed by atoms with Crippen LogP contribution in [0.15, 0.2) is 48.5 Å². The van der Waals surface area contributed by atoms with Crippen LogP contribution in [-0.4, -0.2) is 7.05 Å². The van der Waals surface area contributed by atoms with Crippen molar-refractivity contribution in [3.05, 3.63) is 70.8 Å². The summed E-state index contributed by atoms with van der Waals surface area (Å²) in [5.41, 5.74) is 5.83. The van der Waals surface area contributed by atoms with Crippen molar-refractivity contribution >= 4 is 0 Å². The van der Waals surface area contributed by atoms with Crippen molar-refractivity contribution in [1.29, 1.82) is 0 Å². The van der Waals surface area contributed by atoms with Crippen LogP contribution in [0.25, 0.3) is 0 Å². The first kappa shape index (κ1) is 12.4. The van der Waals surface area contributed by atoms with Crippen LogP contribution in [0.3, 0.4) is 0 Å². The predicted octanol–water partition coefficient (Wildman–Crippen LogP) is 3.87. The largest absolute Gasteiger partial charge is 0.309 e. The second-order valence-electron chi connectivity index (χ2n) is 5.37. The van der Waals surface area contributed by atoms with Crippen molar-refractivity contribution in [1.82, 2.24) is 5.32 Å². The van der Waals surface area contributed by atoms with Crippen LogP contribution >= 0.6 is 0 Å². The summed E-state index contributed by atoms with van der Waals surface area (Å²) in [5.74, 6) is 0. The van der Waals surface area contributed by atoms with E-state index in [0.29, 0.717) is 6.04 Å². The highest BCUT2D eigenvalue weighted by Crippen LogP contribution is 2.27. The topological polar surface area (TPSA) is 12.0 Å². The summed E-state index contributed by atoms with van der Waals surface area (Å²) in [6, 6.07) is 18.0. The number of benzene rings is 2. The maximum Gasteiger partial charge on any atom is 0.0574 e. The van der Waals surface area contributed by atoms with E-state index in [-0.39, 0.29) is 0 Å². The summed E-state index contributed by atoms with van der Waals surface area (Å²) in [4.78, 5) is 0. The third-order valence-electron chi connectivity index (χ3n) is 4.13. The third-order valence-corrected chi connectivity index (χ3v) is 4.13. The van der Waals surface area contributed by atoms with Gasteiger partial charge in [-0.2, -0.15) is 0 Å². The Bertz CT molecular complexity index is 545. The van der Waals surface area contributed by atoms with Crippen LogP contribution in [-0.2, 0) is 12.8 Å². The average molecular weight is 251 g/mol. The Morgan fingerprint density at radius 1 is 0.842 bits per heavy atom. The Morgan fingerprint density at radius 2 is 1.58 bits per heavy atom. The van der Waals surface area contributed by atoms with E-state index in [1.165, 1.54) is 36.8 Å². The van der Waals surface area contributed by atoms with Crippen molar-refractivity contribution < 1.29 is 0 Å². The van der Waals surface area contributed by atoms with Crippen molar-refractivity contribution in [2.75, 3.05) is 7.05 Å². The van der Waals surface area contributed by atoms with Gasteiger partial charge in [0.2, 0.25) is 0 Å². The molecule has 0 amide bonds. The zero-order chi connectivity index (χ0) is 13.1. The van der Waals surface area contributed by atoms with Gasteiger partial charge in [-0.25, -0.2) is 0 Å². The van der Waals surface area contributed by atoms with Crippen molar-refractivity contribution in [2.24, 2.45) is 0 Å². The molecule has 0 heterocycles. The quantitative estimate of drug-likeness (QED) is 0.873. The number of fused-ring (bicyclic) bond motifs is 1. The maximum atomic E-state index is 3.44. The first-order valence-corrected chi connectivity index (χ1v) is 7.22. The fourth-order valence-corrected chi connectivity index (χ4v) is 3.10. The second-order valence-corrected chi connectivity index (χ2v) is 5.37. The molecule has 2 aromatic rings. The predicted molar refractivity (Wildman–Crippen MR) is 80.4 cm³/mol. The van der Waals surface area contributed by atoms with Gasteiger partial charge in [0.05, 0.1) is 6.04 Å². The van der Waals surface area contributed by atoms with E-state index in [9.17, 15) is 0 Å². The molecule has 1 atom stereocenters. The fraction of sp³-hybridized carbons (Fsp3) is 0.333. The number of hydrogen-bond acceptors (Lipinski definition) is 1. The number of nitrogens with one attached hydrogen (secondary N) is 1. The van der Waals surface area contributed by atoms with Crippen LogP contribution in [0.1, 0.15) is 41.1 Å². The van der Waals surface area contributed by atoms with Gasteiger partial charge in [0, 0.05) is 0 Å². The lowest BCUT2D eigenvalue weighted by Gasteiger charge is -2.21. The lowest BCUT2D eigenvalue weighted by Crippen LogP contribution is -2.18. The molecule has 0 bridgehead atoms. The Kier molecular flexibility index (Phi) is 3.65. The SMILES string of the molecule is CNC(c1ccccc1)c1ccc2c(c1)CCCC2. The van der Waals surface area contributed by atoms with Gasteiger partial charge in [0.25, 0.3) is 0 Å². The molecular weight excluding hydrogens is 230 g/mol. The summed E-state index contributed by atoms with van der Waals surface area (Å²) in [7, 11) is 2.04. The molecule has 1 aliphatic carbocycles. The molecule has 0 saturated heterocycles. The van der Waals surface area contributed by atoms with Gasteiger partial charge in [-0.3, -0.25) is 0 Å². The van der Waals surface area contributed by atoms with E-state index in [1.807, 2.05) is 7.05 Å². The summed E-state index contributed by atoms with van der Waals surface area (Å²) in [6.07, 6.45) is 5.19. The minimum atomic E-state index is 0.299. The monoisotopic (exact) mass is 251 g/mol. The van der Waals surface area contributed by atoms with Gasteiger partial charge in [-0.15, -0.1) is 0 Å². The molecule has 1 N–H and O–H groups in total. The highest BCUT2D eigenvalue weighted by molar-refractivity contribution is 5.39.